The Bertz CT molecular complexity index is 423. The molecule has 0 aromatic carbocycles. The fourth-order valence-corrected chi connectivity index (χ4v) is 2.18. The first-order chi connectivity index (χ1) is 10.2. The zero-order chi connectivity index (χ0) is 15.5. The maximum absolute atomic E-state index is 12.2. The normalized spacial score (nSPS) is 11.7. The van der Waals surface area contributed by atoms with Crippen molar-refractivity contribution in [3.8, 4) is 0 Å². The maximum atomic E-state index is 12.2. The molecular weight excluding hydrogens is 290 g/mol. The Morgan fingerprint density at radius 3 is 2.71 bits per heavy atom. The SMILES string of the molecule is CCCCOC(=O)NC(CCCC)C(=O)Nc1nccs1. The van der Waals surface area contributed by atoms with Crippen LogP contribution in [0.2, 0.25) is 0 Å². The van der Waals surface area contributed by atoms with Gasteiger partial charge in [-0.1, -0.05) is 33.1 Å². The molecule has 1 heterocycles. The molecule has 0 saturated carbocycles. The number of rotatable bonds is 9. The van der Waals surface area contributed by atoms with Gasteiger partial charge in [-0.2, -0.15) is 0 Å². The highest BCUT2D eigenvalue weighted by molar-refractivity contribution is 7.13. The van der Waals surface area contributed by atoms with Crippen molar-refractivity contribution in [2.45, 2.75) is 52.0 Å². The Labute approximate surface area is 129 Å². The van der Waals surface area contributed by atoms with Crippen LogP contribution in [0.15, 0.2) is 11.6 Å². The number of ether oxygens (including phenoxy) is 1. The predicted molar refractivity (Wildman–Crippen MR) is 83.4 cm³/mol. The molecule has 2 amide bonds. The molecule has 0 fully saturated rings. The van der Waals surface area contributed by atoms with Crippen molar-refractivity contribution in [1.82, 2.24) is 10.3 Å². The molecule has 1 aromatic rings. The molecule has 2 N–H and O–H groups in total. The molecule has 0 radical (unpaired) electrons. The van der Waals surface area contributed by atoms with E-state index in [1.807, 2.05) is 13.8 Å². The van der Waals surface area contributed by atoms with Crippen LogP contribution in [0.3, 0.4) is 0 Å². The number of alkyl carbamates (subject to hydrolysis) is 1. The fourth-order valence-electron chi connectivity index (χ4n) is 1.65. The molecule has 0 spiro atoms. The summed E-state index contributed by atoms with van der Waals surface area (Å²) in [5.74, 6) is -0.258. The number of carbonyl (C=O) groups excluding carboxylic acids is 2. The second-order valence-electron chi connectivity index (χ2n) is 4.66. The van der Waals surface area contributed by atoms with E-state index in [0.717, 1.165) is 25.7 Å². The van der Waals surface area contributed by atoms with Crippen LogP contribution in [-0.4, -0.2) is 29.6 Å². The third-order valence-corrected chi connectivity index (χ3v) is 3.54. The highest BCUT2D eigenvalue weighted by Crippen LogP contribution is 2.12. The average molecular weight is 313 g/mol. The number of hydrogen-bond donors (Lipinski definition) is 2. The Kier molecular flexibility index (Phi) is 8.42. The van der Waals surface area contributed by atoms with Gasteiger partial charge in [0, 0.05) is 11.6 Å². The lowest BCUT2D eigenvalue weighted by Crippen LogP contribution is -2.44. The maximum Gasteiger partial charge on any atom is 0.407 e. The first-order valence-corrected chi connectivity index (χ1v) is 8.19. The molecule has 6 nitrogen and oxygen atoms in total. The molecule has 21 heavy (non-hydrogen) atoms. The van der Waals surface area contributed by atoms with Crippen LogP contribution in [-0.2, 0) is 9.53 Å². The second kappa shape index (κ2) is 10.1. The van der Waals surface area contributed by atoms with Crippen molar-refractivity contribution in [1.29, 1.82) is 0 Å². The van der Waals surface area contributed by atoms with Crippen molar-refractivity contribution in [3.63, 3.8) is 0 Å². The summed E-state index contributed by atoms with van der Waals surface area (Å²) in [5.41, 5.74) is 0. The largest absolute Gasteiger partial charge is 0.450 e. The standard InChI is InChI=1S/C14H23N3O3S/c1-3-5-7-11(16-14(19)20-9-6-4-2)12(18)17-13-15-8-10-21-13/h8,10-11H,3-7,9H2,1-2H3,(H,16,19)(H,15,17,18). The Balaban J connectivity index is 2.49. The van der Waals surface area contributed by atoms with E-state index >= 15 is 0 Å². The Hall–Kier alpha value is -1.63. The van der Waals surface area contributed by atoms with Crippen LogP contribution in [0.1, 0.15) is 46.0 Å². The van der Waals surface area contributed by atoms with Gasteiger partial charge in [-0.3, -0.25) is 4.79 Å². The van der Waals surface area contributed by atoms with Gasteiger partial charge in [0.25, 0.3) is 0 Å². The molecule has 1 atom stereocenters. The third kappa shape index (κ3) is 7.08. The Morgan fingerprint density at radius 2 is 2.10 bits per heavy atom. The van der Waals surface area contributed by atoms with Gasteiger partial charge in [0.15, 0.2) is 5.13 Å². The van der Waals surface area contributed by atoms with Gasteiger partial charge in [0.1, 0.15) is 6.04 Å². The number of nitrogens with zero attached hydrogens (tertiary/aromatic N) is 1. The number of unbranched alkanes of at least 4 members (excludes halogenated alkanes) is 2. The van der Waals surface area contributed by atoms with Gasteiger partial charge in [0.2, 0.25) is 5.91 Å². The molecule has 7 heteroatoms. The Morgan fingerprint density at radius 1 is 1.33 bits per heavy atom. The lowest BCUT2D eigenvalue weighted by Gasteiger charge is -2.17. The third-order valence-electron chi connectivity index (χ3n) is 2.85. The van der Waals surface area contributed by atoms with E-state index in [-0.39, 0.29) is 5.91 Å². The van der Waals surface area contributed by atoms with Gasteiger partial charge in [-0.05, 0) is 12.8 Å². The number of thiazole rings is 1. The summed E-state index contributed by atoms with van der Waals surface area (Å²) in [6, 6.07) is -0.594. The lowest BCUT2D eigenvalue weighted by molar-refractivity contribution is -0.118. The fraction of sp³-hybridized carbons (Fsp3) is 0.643. The number of aromatic nitrogens is 1. The minimum Gasteiger partial charge on any atom is -0.450 e. The van der Waals surface area contributed by atoms with E-state index in [0.29, 0.717) is 18.2 Å². The number of hydrogen-bond acceptors (Lipinski definition) is 5. The van der Waals surface area contributed by atoms with Gasteiger partial charge in [0.05, 0.1) is 6.61 Å². The highest BCUT2D eigenvalue weighted by Gasteiger charge is 2.21. The molecule has 118 valence electrons. The molecule has 1 unspecified atom stereocenters. The van der Waals surface area contributed by atoms with Crippen LogP contribution in [0.5, 0.6) is 0 Å². The van der Waals surface area contributed by atoms with Crippen molar-refractivity contribution >= 4 is 28.5 Å². The zero-order valence-electron chi connectivity index (χ0n) is 12.6. The summed E-state index contributed by atoms with van der Waals surface area (Å²) in [5, 5.41) is 7.64. The minimum atomic E-state index is -0.594. The second-order valence-corrected chi connectivity index (χ2v) is 5.55. The number of carbonyl (C=O) groups is 2. The smallest absolute Gasteiger partial charge is 0.407 e. The number of anilines is 1. The van der Waals surface area contributed by atoms with Crippen molar-refractivity contribution in [2.75, 3.05) is 11.9 Å². The van der Waals surface area contributed by atoms with E-state index in [1.54, 1.807) is 11.6 Å². The van der Waals surface area contributed by atoms with Crippen LogP contribution < -0.4 is 10.6 Å². The summed E-state index contributed by atoms with van der Waals surface area (Å²) in [4.78, 5) is 27.8. The summed E-state index contributed by atoms with van der Waals surface area (Å²) < 4.78 is 5.04. The van der Waals surface area contributed by atoms with Gasteiger partial charge < -0.3 is 15.4 Å². The average Bonchev–Trinajstić information content (AvgIpc) is 2.96. The van der Waals surface area contributed by atoms with E-state index in [2.05, 4.69) is 15.6 Å². The van der Waals surface area contributed by atoms with Crippen LogP contribution >= 0.6 is 11.3 Å². The van der Waals surface area contributed by atoms with E-state index in [1.165, 1.54) is 11.3 Å². The topological polar surface area (TPSA) is 80.3 Å². The molecule has 1 rings (SSSR count). The van der Waals surface area contributed by atoms with Gasteiger partial charge in [-0.25, -0.2) is 9.78 Å². The molecule has 0 saturated heterocycles. The van der Waals surface area contributed by atoms with Gasteiger partial charge >= 0.3 is 6.09 Å². The molecular formula is C14H23N3O3S. The summed E-state index contributed by atoms with van der Waals surface area (Å²) in [6.07, 6.45) is 5.23. The first kappa shape index (κ1) is 17.4. The summed E-state index contributed by atoms with van der Waals surface area (Å²) >= 11 is 1.34. The lowest BCUT2D eigenvalue weighted by atomic mass is 10.1. The quantitative estimate of drug-likeness (QED) is 0.686. The minimum absolute atomic E-state index is 0.258. The van der Waals surface area contributed by atoms with Gasteiger partial charge in [-0.15, -0.1) is 11.3 Å². The number of amides is 2. The monoisotopic (exact) mass is 313 g/mol. The molecule has 0 aliphatic heterocycles. The van der Waals surface area contributed by atoms with E-state index in [9.17, 15) is 9.59 Å². The van der Waals surface area contributed by atoms with E-state index < -0.39 is 12.1 Å². The molecule has 0 aliphatic rings. The molecule has 0 bridgehead atoms. The molecule has 0 aliphatic carbocycles. The molecule has 1 aromatic heterocycles. The van der Waals surface area contributed by atoms with Crippen LogP contribution in [0, 0.1) is 0 Å². The van der Waals surface area contributed by atoms with Crippen molar-refractivity contribution < 1.29 is 14.3 Å². The van der Waals surface area contributed by atoms with E-state index in [4.69, 9.17) is 4.74 Å². The van der Waals surface area contributed by atoms with Crippen molar-refractivity contribution in [3.05, 3.63) is 11.6 Å². The summed E-state index contributed by atoms with van der Waals surface area (Å²) in [6.45, 7) is 4.43. The summed E-state index contributed by atoms with van der Waals surface area (Å²) in [7, 11) is 0. The first-order valence-electron chi connectivity index (χ1n) is 7.31. The zero-order valence-corrected chi connectivity index (χ0v) is 13.4. The number of nitrogens with one attached hydrogen (secondary N) is 2. The van der Waals surface area contributed by atoms with Crippen LogP contribution in [0.4, 0.5) is 9.93 Å². The van der Waals surface area contributed by atoms with Crippen LogP contribution in [0.25, 0.3) is 0 Å². The van der Waals surface area contributed by atoms with Crippen molar-refractivity contribution in [2.24, 2.45) is 0 Å². The highest BCUT2D eigenvalue weighted by atomic mass is 32.1. The predicted octanol–water partition coefficient (Wildman–Crippen LogP) is 3.17.